The monoisotopic (exact) mass is 265 g/mol. The minimum atomic E-state index is -0.913. The van der Waals surface area contributed by atoms with Gasteiger partial charge in [0.15, 0.2) is 0 Å². The fourth-order valence-electron chi connectivity index (χ4n) is 2.34. The number of carboxylic acid groups (broad SMARTS) is 1. The Labute approximate surface area is 112 Å². The second-order valence-corrected chi connectivity index (χ2v) is 5.83. The summed E-state index contributed by atoms with van der Waals surface area (Å²) in [7, 11) is 1.59. The van der Waals surface area contributed by atoms with Gasteiger partial charge in [0.25, 0.3) is 0 Å². The van der Waals surface area contributed by atoms with Crippen LogP contribution >= 0.6 is 11.8 Å². The van der Waals surface area contributed by atoms with E-state index in [-0.39, 0.29) is 0 Å². The van der Waals surface area contributed by atoms with Crippen LogP contribution in [0.15, 0.2) is 29.2 Å². The van der Waals surface area contributed by atoms with Gasteiger partial charge in [0.05, 0.1) is 5.69 Å². The molecule has 1 fully saturated rings. The third kappa shape index (κ3) is 3.19. The summed E-state index contributed by atoms with van der Waals surface area (Å²) in [5.41, 5.74) is 0.785. The van der Waals surface area contributed by atoms with E-state index in [1.54, 1.807) is 18.8 Å². The predicted octanol–water partition coefficient (Wildman–Crippen LogP) is 4.08. The van der Waals surface area contributed by atoms with E-state index < -0.39 is 6.09 Å². The van der Waals surface area contributed by atoms with Crippen molar-refractivity contribution in [2.24, 2.45) is 5.92 Å². The average molecular weight is 265 g/mol. The van der Waals surface area contributed by atoms with Crippen molar-refractivity contribution in [1.29, 1.82) is 0 Å². The normalized spacial score (nSPS) is 15.8. The fourth-order valence-corrected chi connectivity index (χ4v) is 3.62. The Morgan fingerprint density at radius 2 is 2.06 bits per heavy atom. The first-order chi connectivity index (χ1) is 8.68. The highest BCUT2D eigenvalue weighted by molar-refractivity contribution is 7.99. The summed E-state index contributed by atoms with van der Waals surface area (Å²) < 4.78 is 0. The van der Waals surface area contributed by atoms with E-state index >= 15 is 0 Å². The lowest BCUT2D eigenvalue weighted by molar-refractivity contribution is 0.203. The Morgan fingerprint density at radius 3 is 2.72 bits per heavy atom. The third-order valence-electron chi connectivity index (χ3n) is 3.46. The van der Waals surface area contributed by atoms with Crippen LogP contribution in [0.25, 0.3) is 0 Å². The number of nitrogens with zero attached hydrogens (tertiary/aromatic N) is 1. The van der Waals surface area contributed by atoms with Crippen LogP contribution in [0.3, 0.4) is 0 Å². The maximum absolute atomic E-state index is 11.0. The van der Waals surface area contributed by atoms with Crippen molar-refractivity contribution in [2.75, 3.05) is 17.7 Å². The van der Waals surface area contributed by atoms with Crippen LogP contribution in [0.5, 0.6) is 0 Å². The minimum Gasteiger partial charge on any atom is -0.465 e. The molecule has 0 heterocycles. The first kappa shape index (κ1) is 13.3. The molecule has 1 aliphatic carbocycles. The number of rotatable bonds is 4. The van der Waals surface area contributed by atoms with Crippen molar-refractivity contribution in [3.8, 4) is 0 Å². The average Bonchev–Trinajstić information content (AvgIpc) is 2.89. The first-order valence-electron chi connectivity index (χ1n) is 6.37. The van der Waals surface area contributed by atoms with E-state index in [0.717, 1.165) is 22.3 Å². The number of anilines is 1. The Hall–Kier alpha value is -1.16. The number of thioether (sulfide) groups is 1. The van der Waals surface area contributed by atoms with E-state index in [0.29, 0.717) is 0 Å². The molecule has 0 aromatic heterocycles. The Morgan fingerprint density at radius 1 is 1.39 bits per heavy atom. The van der Waals surface area contributed by atoms with Gasteiger partial charge in [-0.2, -0.15) is 0 Å². The van der Waals surface area contributed by atoms with Crippen LogP contribution in [0.2, 0.25) is 0 Å². The molecule has 3 nitrogen and oxygen atoms in total. The second-order valence-electron chi connectivity index (χ2n) is 4.77. The molecule has 2 rings (SSSR count). The number of hydrogen-bond acceptors (Lipinski definition) is 2. The lowest BCUT2D eigenvalue weighted by atomic mass is 10.1. The molecule has 0 aliphatic heterocycles. The van der Waals surface area contributed by atoms with Crippen LogP contribution in [-0.2, 0) is 0 Å². The Balaban J connectivity index is 2.04. The highest BCUT2D eigenvalue weighted by Crippen LogP contribution is 2.35. The van der Waals surface area contributed by atoms with E-state index in [1.165, 1.54) is 30.6 Å². The summed E-state index contributed by atoms with van der Waals surface area (Å²) in [5, 5.41) is 9.06. The molecule has 4 heteroatoms. The smallest absolute Gasteiger partial charge is 0.411 e. The molecular formula is C14H19NO2S. The molecular weight excluding hydrogens is 246 g/mol. The Bertz CT molecular complexity index is 416. The minimum absolute atomic E-state index is 0.785. The molecule has 0 bridgehead atoms. The van der Waals surface area contributed by atoms with Gasteiger partial charge in [0, 0.05) is 17.7 Å². The van der Waals surface area contributed by atoms with Crippen LogP contribution in [0, 0.1) is 5.92 Å². The maximum atomic E-state index is 11.0. The maximum Gasteiger partial charge on any atom is 0.411 e. The summed E-state index contributed by atoms with van der Waals surface area (Å²) in [6.45, 7) is 0. The number of para-hydroxylation sites is 1. The van der Waals surface area contributed by atoms with Crippen LogP contribution in [-0.4, -0.2) is 24.0 Å². The number of carbonyl (C=O) groups is 1. The topological polar surface area (TPSA) is 40.5 Å². The molecule has 0 atom stereocenters. The molecule has 1 aromatic rings. The number of hydrogen-bond donors (Lipinski definition) is 1. The predicted molar refractivity (Wildman–Crippen MR) is 75.6 cm³/mol. The number of amides is 1. The van der Waals surface area contributed by atoms with Gasteiger partial charge in [-0.3, -0.25) is 4.90 Å². The van der Waals surface area contributed by atoms with E-state index in [4.69, 9.17) is 5.11 Å². The van der Waals surface area contributed by atoms with Crippen molar-refractivity contribution in [2.45, 2.75) is 30.6 Å². The molecule has 1 saturated carbocycles. The summed E-state index contributed by atoms with van der Waals surface area (Å²) in [6.07, 6.45) is 4.43. The molecule has 0 saturated heterocycles. The lowest BCUT2D eigenvalue weighted by Crippen LogP contribution is -2.24. The third-order valence-corrected chi connectivity index (χ3v) is 4.76. The van der Waals surface area contributed by atoms with E-state index in [9.17, 15) is 4.79 Å². The van der Waals surface area contributed by atoms with E-state index in [2.05, 4.69) is 0 Å². The SMILES string of the molecule is CN(C(=O)O)c1ccccc1SCC1CCCC1. The standard InChI is InChI=1S/C14H19NO2S/c1-15(14(16)17)12-8-4-5-9-13(12)18-10-11-6-2-3-7-11/h4-5,8-9,11H,2-3,6-7,10H2,1H3,(H,16,17). The largest absolute Gasteiger partial charge is 0.465 e. The van der Waals surface area contributed by atoms with Gasteiger partial charge < -0.3 is 5.11 Å². The quantitative estimate of drug-likeness (QED) is 0.834. The molecule has 0 unspecified atom stereocenters. The fraction of sp³-hybridized carbons (Fsp3) is 0.500. The first-order valence-corrected chi connectivity index (χ1v) is 7.35. The summed E-state index contributed by atoms with van der Waals surface area (Å²) in [6, 6.07) is 7.73. The van der Waals surface area contributed by atoms with E-state index in [1.807, 2.05) is 24.3 Å². The van der Waals surface area contributed by atoms with Crippen LogP contribution in [0.1, 0.15) is 25.7 Å². The van der Waals surface area contributed by atoms with Crippen LogP contribution in [0.4, 0.5) is 10.5 Å². The molecule has 0 spiro atoms. The molecule has 1 aliphatic rings. The zero-order chi connectivity index (χ0) is 13.0. The summed E-state index contributed by atoms with van der Waals surface area (Å²) >= 11 is 1.79. The van der Waals surface area contributed by atoms with Crippen molar-refractivity contribution in [3.63, 3.8) is 0 Å². The van der Waals surface area contributed by atoms with Crippen molar-refractivity contribution >= 4 is 23.5 Å². The molecule has 98 valence electrons. The van der Waals surface area contributed by atoms with Crippen LogP contribution < -0.4 is 4.90 Å². The van der Waals surface area contributed by atoms with Gasteiger partial charge in [0.2, 0.25) is 0 Å². The molecule has 1 N–H and O–H groups in total. The summed E-state index contributed by atoms with van der Waals surface area (Å²) in [5.74, 6) is 1.91. The highest BCUT2D eigenvalue weighted by Gasteiger charge is 2.17. The van der Waals surface area contributed by atoms with Gasteiger partial charge in [-0.1, -0.05) is 25.0 Å². The van der Waals surface area contributed by atoms with Gasteiger partial charge in [0.1, 0.15) is 0 Å². The summed E-state index contributed by atoms with van der Waals surface area (Å²) in [4.78, 5) is 13.4. The van der Waals surface area contributed by atoms with Gasteiger partial charge in [-0.15, -0.1) is 11.8 Å². The zero-order valence-corrected chi connectivity index (χ0v) is 11.4. The van der Waals surface area contributed by atoms with Crippen molar-refractivity contribution < 1.29 is 9.90 Å². The molecule has 1 amide bonds. The zero-order valence-electron chi connectivity index (χ0n) is 10.6. The van der Waals surface area contributed by atoms with Crippen molar-refractivity contribution in [1.82, 2.24) is 0 Å². The number of benzene rings is 1. The lowest BCUT2D eigenvalue weighted by Gasteiger charge is -2.18. The van der Waals surface area contributed by atoms with Gasteiger partial charge >= 0.3 is 6.09 Å². The molecule has 0 radical (unpaired) electrons. The molecule has 1 aromatic carbocycles. The van der Waals surface area contributed by atoms with Gasteiger partial charge in [-0.05, 0) is 30.9 Å². The van der Waals surface area contributed by atoms with Gasteiger partial charge in [-0.25, -0.2) is 4.79 Å². The highest BCUT2D eigenvalue weighted by atomic mass is 32.2. The second kappa shape index (κ2) is 6.14. The molecule has 18 heavy (non-hydrogen) atoms. The van der Waals surface area contributed by atoms with Crippen molar-refractivity contribution in [3.05, 3.63) is 24.3 Å². The Kier molecular flexibility index (Phi) is 4.53.